The average Bonchev–Trinajstić information content (AvgIpc) is 3.18. The van der Waals surface area contributed by atoms with Crippen molar-refractivity contribution in [2.45, 2.75) is 6.42 Å². The molecule has 114 valence electrons. The zero-order valence-corrected chi connectivity index (χ0v) is 12.4. The molecule has 4 aromatic rings. The van der Waals surface area contributed by atoms with E-state index in [1.807, 2.05) is 59.3 Å². The van der Waals surface area contributed by atoms with E-state index in [-0.39, 0.29) is 5.91 Å². The number of aromatic nitrogens is 4. The Morgan fingerprint density at radius 2 is 2.04 bits per heavy atom. The third kappa shape index (κ3) is 2.55. The molecule has 0 aliphatic rings. The number of carbonyl (C=O) groups excluding carboxylic acids is 1. The normalized spacial score (nSPS) is 11.1. The van der Waals surface area contributed by atoms with Crippen LogP contribution in [0, 0.1) is 0 Å². The zero-order chi connectivity index (χ0) is 15.6. The maximum absolute atomic E-state index is 12.3. The summed E-state index contributed by atoms with van der Waals surface area (Å²) in [5.74, 6) is -0.175. The number of fused-ring (bicyclic) bond motifs is 2. The fraction of sp³-hybridized carbons (Fsp3) is 0.118. The molecular formula is C17H15N5O. The summed E-state index contributed by atoms with van der Waals surface area (Å²) in [6.45, 7) is 0.518. The van der Waals surface area contributed by atoms with E-state index in [9.17, 15) is 4.79 Å². The molecule has 0 unspecified atom stereocenters. The number of H-pyrrole nitrogens is 1. The molecule has 1 aromatic carbocycles. The quantitative estimate of drug-likeness (QED) is 0.607. The van der Waals surface area contributed by atoms with Gasteiger partial charge in [-0.1, -0.05) is 24.3 Å². The van der Waals surface area contributed by atoms with Gasteiger partial charge in [-0.25, -0.2) is 4.98 Å². The van der Waals surface area contributed by atoms with Gasteiger partial charge in [0, 0.05) is 30.7 Å². The van der Waals surface area contributed by atoms with Gasteiger partial charge in [0.2, 0.25) is 0 Å². The number of para-hydroxylation sites is 1. The SMILES string of the molecule is O=C(NCCc1cn2ccccc2n1)c1n[nH]c2ccccc12. The molecule has 0 spiro atoms. The highest BCUT2D eigenvalue weighted by molar-refractivity contribution is 6.04. The highest BCUT2D eigenvalue weighted by Crippen LogP contribution is 2.14. The van der Waals surface area contributed by atoms with Crippen LogP contribution in [0.25, 0.3) is 16.6 Å². The number of nitrogens with one attached hydrogen (secondary N) is 2. The predicted octanol–water partition coefficient (Wildman–Crippen LogP) is 2.18. The lowest BCUT2D eigenvalue weighted by Gasteiger charge is -2.01. The first-order chi connectivity index (χ1) is 11.3. The Morgan fingerprint density at radius 1 is 1.17 bits per heavy atom. The number of imidazole rings is 1. The van der Waals surface area contributed by atoms with E-state index >= 15 is 0 Å². The van der Waals surface area contributed by atoms with Gasteiger partial charge in [0.25, 0.3) is 5.91 Å². The van der Waals surface area contributed by atoms with Crippen LogP contribution in [0.2, 0.25) is 0 Å². The molecule has 0 aliphatic carbocycles. The number of nitrogens with zero attached hydrogens (tertiary/aromatic N) is 3. The lowest BCUT2D eigenvalue weighted by molar-refractivity contribution is 0.0950. The van der Waals surface area contributed by atoms with E-state index in [0.717, 1.165) is 22.2 Å². The van der Waals surface area contributed by atoms with Gasteiger partial charge < -0.3 is 9.72 Å². The van der Waals surface area contributed by atoms with Crippen molar-refractivity contribution in [3.63, 3.8) is 0 Å². The van der Waals surface area contributed by atoms with Crippen LogP contribution in [0.1, 0.15) is 16.2 Å². The summed E-state index contributed by atoms with van der Waals surface area (Å²) in [7, 11) is 0. The Bertz CT molecular complexity index is 952. The van der Waals surface area contributed by atoms with Crippen molar-refractivity contribution in [1.29, 1.82) is 0 Å². The van der Waals surface area contributed by atoms with Crippen molar-refractivity contribution in [1.82, 2.24) is 24.9 Å². The summed E-state index contributed by atoms with van der Waals surface area (Å²) in [5.41, 5.74) is 3.14. The monoisotopic (exact) mass is 305 g/mol. The van der Waals surface area contributed by atoms with Gasteiger partial charge in [-0.05, 0) is 18.2 Å². The Balaban J connectivity index is 1.43. The van der Waals surface area contributed by atoms with Crippen LogP contribution in [0.15, 0.2) is 54.9 Å². The number of benzene rings is 1. The third-order valence-corrected chi connectivity index (χ3v) is 3.77. The molecule has 6 heteroatoms. The Morgan fingerprint density at radius 3 is 2.96 bits per heavy atom. The highest BCUT2D eigenvalue weighted by atomic mass is 16.1. The first-order valence-electron chi connectivity index (χ1n) is 7.45. The van der Waals surface area contributed by atoms with Crippen molar-refractivity contribution in [2.24, 2.45) is 0 Å². The van der Waals surface area contributed by atoms with Crippen LogP contribution in [0.5, 0.6) is 0 Å². The molecular weight excluding hydrogens is 290 g/mol. The van der Waals surface area contributed by atoms with E-state index in [0.29, 0.717) is 18.7 Å². The minimum absolute atomic E-state index is 0.175. The molecule has 0 aliphatic heterocycles. The fourth-order valence-corrected chi connectivity index (χ4v) is 2.63. The minimum atomic E-state index is -0.175. The first-order valence-corrected chi connectivity index (χ1v) is 7.45. The van der Waals surface area contributed by atoms with E-state index in [1.54, 1.807) is 0 Å². The van der Waals surface area contributed by atoms with Gasteiger partial charge >= 0.3 is 0 Å². The number of pyridine rings is 1. The van der Waals surface area contributed by atoms with Crippen LogP contribution < -0.4 is 5.32 Å². The topological polar surface area (TPSA) is 75.1 Å². The number of hydrogen-bond acceptors (Lipinski definition) is 3. The number of hydrogen-bond donors (Lipinski definition) is 2. The largest absolute Gasteiger partial charge is 0.350 e. The molecule has 0 bridgehead atoms. The summed E-state index contributed by atoms with van der Waals surface area (Å²) in [6, 6.07) is 13.5. The molecule has 0 radical (unpaired) electrons. The molecule has 0 saturated heterocycles. The van der Waals surface area contributed by atoms with E-state index in [2.05, 4.69) is 20.5 Å². The number of amides is 1. The van der Waals surface area contributed by atoms with Crippen molar-refractivity contribution < 1.29 is 4.79 Å². The standard InChI is InChI=1S/C17H15N5O/c23-17(16-13-5-1-2-6-14(13)20-21-16)18-9-8-12-11-22-10-4-3-7-15(22)19-12/h1-7,10-11H,8-9H2,(H,18,23)(H,20,21). The molecule has 0 fully saturated rings. The van der Waals surface area contributed by atoms with Gasteiger partial charge in [-0.2, -0.15) is 5.10 Å². The van der Waals surface area contributed by atoms with Gasteiger partial charge in [0.15, 0.2) is 5.69 Å². The zero-order valence-electron chi connectivity index (χ0n) is 12.4. The molecule has 6 nitrogen and oxygen atoms in total. The minimum Gasteiger partial charge on any atom is -0.350 e. The summed E-state index contributed by atoms with van der Waals surface area (Å²) < 4.78 is 1.97. The van der Waals surface area contributed by atoms with Gasteiger partial charge in [-0.3, -0.25) is 9.89 Å². The van der Waals surface area contributed by atoms with Crippen molar-refractivity contribution in [2.75, 3.05) is 6.54 Å². The Labute approximate surface area is 132 Å². The summed E-state index contributed by atoms with van der Waals surface area (Å²) >= 11 is 0. The van der Waals surface area contributed by atoms with Crippen LogP contribution in [0.3, 0.4) is 0 Å². The van der Waals surface area contributed by atoms with Crippen molar-refractivity contribution in [3.05, 3.63) is 66.2 Å². The van der Waals surface area contributed by atoms with Crippen LogP contribution in [-0.4, -0.2) is 32.0 Å². The smallest absolute Gasteiger partial charge is 0.272 e. The predicted molar refractivity (Wildman–Crippen MR) is 87.3 cm³/mol. The number of aromatic amines is 1. The van der Waals surface area contributed by atoms with Crippen molar-refractivity contribution >= 4 is 22.5 Å². The Kier molecular flexibility index (Phi) is 3.27. The molecule has 0 saturated carbocycles. The maximum Gasteiger partial charge on any atom is 0.272 e. The second kappa shape index (κ2) is 5.57. The molecule has 3 aromatic heterocycles. The molecule has 1 amide bonds. The van der Waals surface area contributed by atoms with Gasteiger partial charge in [-0.15, -0.1) is 0 Å². The second-order valence-corrected chi connectivity index (χ2v) is 5.32. The maximum atomic E-state index is 12.3. The molecule has 2 N–H and O–H groups in total. The van der Waals surface area contributed by atoms with Gasteiger partial charge in [0.1, 0.15) is 5.65 Å². The van der Waals surface area contributed by atoms with Crippen LogP contribution in [-0.2, 0) is 6.42 Å². The van der Waals surface area contributed by atoms with E-state index in [1.165, 1.54) is 0 Å². The lowest BCUT2D eigenvalue weighted by Crippen LogP contribution is -2.26. The van der Waals surface area contributed by atoms with E-state index in [4.69, 9.17) is 0 Å². The average molecular weight is 305 g/mol. The summed E-state index contributed by atoms with van der Waals surface area (Å²) in [5, 5.41) is 10.7. The molecule has 4 rings (SSSR count). The number of rotatable bonds is 4. The Hall–Kier alpha value is -3.15. The van der Waals surface area contributed by atoms with Crippen LogP contribution in [0.4, 0.5) is 0 Å². The second-order valence-electron chi connectivity index (χ2n) is 5.32. The molecule has 3 heterocycles. The van der Waals surface area contributed by atoms with Crippen molar-refractivity contribution in [3.8, 4) is 0 Å². The van der Waals surface area contributed by atoms with Crippen LogP contribution >= 0.6 is 0 Å². The number of carbonyl (C=O) groups is 1. The summed E-state index contributed by atoms with van der Waals surface area (Å²) in [4.78, 5) is 16.8. The van der Waals surface area contributed by atoms with Gasteiger partial charge in [0.05, 0.1) is 11.2 Å². The molecule has 23 heavy (non-hydrogen) atoms. The highest BCUT2D eigenvalue weighted by Gasteiger charge is 2.13. The third-order valence-electron chi connectivity index (χ3n) is 3.77. The lowest BCUT2D eigenvalue weighted by atomic mass is 10.2. The fourth-order valence-electron chi connectivity index (χ4n) is 2.63. The van der Waals surface area contributed by atoms with E-state index < -0.39 is 0 Å². The summed E-state index contributed by atoms with van der Waals surface area (Å²) in [6.07, 6.45) is 4.61. The molecule has 0 atom stereocenters. The first kappa shape index (κ1) is 13.5.